The molecule has 1 fully saturated rings. The summed E-state index contributed by atoms with van der Waals surface area (Å²) in [5.74, 6) is -3.94. The lowest BCUT2D eigenvalue weighted by atomic mass is 9.97. The minimum Gasteiger partial charge on any atom is -0.370 e. The summed E-state index contributed by atoms with van der Waals surface area (Å²) in [6.07, 6.45) is 5.20. The molecular weight excluding hydrogens is 853 g/mol. The molecule has 19 nitrogen and oxygen atoms in total. The zero-order valence-corrected chi connectivity index (χ0v) is 37.5. The maximum absolute atomic E-state index is 14.8. The van der Waals surface area contributed by atoms with E-state index in [0.29, 0.717) is 25.0 Å². The molecule has 4 aromatic rings. The summed E-state index contributed by atoms with van der Waals surface area (Å²) in [5, 5.41) is 16.3. The summed E-state index contributed by atoms with van der Waals surface area (Å²) in [6, 6.07) is 14.1. The van der Waals surface area contributed by atoms with Gasteiger partial charge in [0, 0.05) is 43.0 Å². The Morgan fingerprint density at radius 3 is 2.17 bits per heavy atom. The van der Waals surface area contributed by atoms with Gasteiger partial charge >= 0.3 is 0 Å². The van der Waals surface area contributed by atoms with Crippen molar-refractivity contribution in [3.8, 4) is 0 Å². The van der Waals surface area contributed by atoms with Crippen LogP contribution in [0.15, 0.2) is 77.9 Å². The number of nitrogens with zero attached hydrogens (tertiary/aromatic N) is 2. The van der Waals surface area contributed by atoms with E-state index in [1.54, 1.807) is 6.20 Å². The number of aliphatic imine (C=N–C) groups is 1. The highest BCUT2D eigenvalue weighted by Gasteiger charge is 2.40. The molecule has 20 heteroatoms. The lowest BCUT2D eigenvalue weighted by molar-refractivity contribution is -0.142. The van der Waals surface area contributed by atoms with Gasteiger partial charge in [-0.1, -0.05) is 60.7 Å². The highest BCUT2D eigenvalue weighted by Crippen LogP contribution is 2.24. The number of thioether (sulfide) groups is 1. The van der Waals surface area contributed by atoms with E-state index in [-0.39, 0.29) is 51.3 Å². The number of para-hydroxylation sites is 1. The fourth-order valence-corrected chi connectivity index (χ4v) is 8.36. The van der Waals surface area contributed by atoms with E-state index < -0.39 is 77.6 Å². The Balaban J connectivity index is 1.43. The predicted octanol–water partition coefficient (Wildman–Crippen LogP) is -0.208. The number of primary amides is 1. The number of aromatic amines is 1. The molecular formula is C45H60N12O7S. The van der Waals surface area contributed by atoms with Crippen molar-refractivity contribution in [1.29, 1.82) is 0 Å². The smallest absolute Gasteiger partial charge is 0.246 e. The Kier molecular flexibility index (Phi) is 18.1. The number of carbonyl (C=O) groups excluding carboxylic acids is 7. The number of fused-ring (bicyclic) bond motifs is 2. The summed E-state index contributed by atoms with van der Waals surface area (Å²) in [6.45, 7) is 1.55. The van der Waals surface area contributed by atoms with Crippen LogP contribution in [-0.4, -0.2) is 125 Å². The molecule has 5 rings (SSSR count). The molecule has 0 bridgehead atoms. The molecule has 348 valence electrons. The molecule has 1 saturated heterocycles. The quantitative estimate of drug-likeness (QED) is 0.0264. The number of likely N-dealkylation sites (tertiary alicyclic amines) is 1. The fraction of sp³-hybridized carbons (Fsp3) is 0.422. The van der Waals surface area contributed by atoms with E-state index in [4.69, 9.17) is 22.9 Å². The van der Waals surface area contributed by atoms with E-state index in [2.05, 4.69) is 36.6 Å². The SMILES string of the molecule is CSCC[C@H](NC(=O)CN)C(=O)N[C@@H](C)C(=O)N[C@H](Cc1cccc2ccccc12)C(=O)N[C@H](Cc1c[nH]c2ccccc12)C(=O)N1CCC[C@@H]1C(=O)N[C@H](CCCN=C(N)N)C(N)=O. The first-order chi connectivity index (χ1) is 31.2. The number of benzene rings is 3. The zero-order valence-electron chi connectivity index (χ0n) is 36.6. The van der Waals surface area contributed by atoms with Crippen molar-refractivity contribution in [2.24, 2.45) is 27.9 Å². The van der Waals surface area contributed by atoms with Gasteiger partial charge in [0.2, 0.25) is 41.4 Å². The van der Waals surface area contributed by atoms with E-state index in [9.17, 15) is 33.6 Å². The summed E-state index contributed by atoms with van der Waals surface area (Å²) in [4.78, 5) is 104. The van der Waals surface area contributed by atoms with Gasteiger partial charge in [-0.05, 0) is 79.0 Å². The van der Waals surface area contributed by atoms with E-state index in [1.807, 2.05) is 73.0 Å². The number of carbonyl (C=O) groups is 7. The fourth-order valence-electron chi connectivity index (χ4n) is 7.89. The third-order valence-electron chi connectivity index (χ3n) is 11.3. The molecule has 65 heavy (non-hydrogen) atoms. The Hall–Kier alpha value is -6.67. The van der Waals surface area contributed by atoms with Gasteiger partial charge in [0.15, 0.2) is 5.96 Å². The summed E-state index contributed by atoms with van der Waals surface area (Å²) < 4.78 is 0. The molecule has 1 aromatic heterocycles. The number of guanidine groups is 1. The molecule has 0 radical (unpaired) electrons. The predicted molar refractivity (Wildman–Crippen MR) is 251 cm³/mol. The lowest BCUT2D eigenvalue weighted by Crippen LogP contribution is -2.60. The van der Waals surface area contributed by atoms with Crippen LogP contribution in [0.3, 0.4) is 0 Å². The Bertz CT molecular complexity index is 2360. The summed E-state index contributed by atoms with van der Waals surface area (Å²) in [7, 11) is 0. The van der Waals surface area contributed by atoms with Crippen LogP contribution < -0.4 is 49.5 Å². The Morgan fingerprint density at radius 2 is 1.45 bits per heavy atom. The summed E-state index contributed by atoms with van der Waals surface area (Å²) in [5.41, 5.74) is 24.2. The van der Waals surface area contributed by atoms with Crippen LogP contribution in [0, 0.1) is 0 Å². The van der Waals surface area contributed by atoms with Crippen molar-refractivity contribution >= 4 is 80.7 Å². The number of hydrogen-bond donors (Lipinski definition) is 10. The Labute approximate surface area is 381 Å². The van der Waals surface area contributed by atoms with Crippen molar-refractivity contribution < 1.29 is 33.6 Å². The largest absolute Gasteiger partial charge is 0.370 e. The molecule has 7 amide bonds. The van der Waals surface area contributed by atoms with Crippen LogP contribution in [0.2, 0.25) is 0 Å². The molecule has 2 heterocycles. The van der Waals surface area contributed by atoms with Gasteiger partial charge in [0.05, 0.1) is 6.54 Å². The maximum Gasteiger partial charge on any atom is 0.246 e. The van der Waals surface area contributed by atoms with Gasteiger partial charge in [-0.3, -0.25) is 38.6 Å². The van der Waals surface area contributed by atoms with E-state index in [1.165, 1.54) is 23.6 Å². The number of hydrogen-bond acceptors (Lipinski definition) is 10. The molecule has 1 aliphatic rings. The number of nitrogens with two attached hydrogens (primary N) is 4. The standard InChI is InChI=1S/C45H60N12O7S/c1-26(52-41(61)34(18-21-65-2)53-38(58)24-46)40(60)55-35(22-28-12-7-11-27-10-3-4-13-30(27)28)42(62)56-36(23-29-25-51-32-15-6-5-14-31(29)32)44(64)57-20-9-17-37(57)43(63)54-33(39(47)59)16-8-19-50-45(48)49/h3-7,10-15,25-26,33-37,51H,8-9,16-24,46H2,1-2H3,(H2,47,59)(H,52,61)(H,53,58)(H,54,63)(H,55,60)(H,56,62)(H4,48,49,50)/t26-,33+,34-,35+,36+,37+/m0/s1. The molecule has 0 unspecified atom stereocenters. The highest BCUT2D eigenvalue weighted by atomic mass is 32.2. The van der Waals surface area contributed by atoms with Gasteiger partial charge in [-0.15, -0.1) is 0 Å². The topological polar surface area (TPSA) is 315 Å². The first-order valence-electron chi connectivity index (χ1n) is 21.6. The van der Waals surface area contributed by atoms with Crippen molar-refractivity contribution in [2.75, 3.05) is 31.6 Å². The van der Waals surface area contributed by atoms with Gasteiger partial charge in [-0.25, -0.2) is 0 Å². The van der Waals surface area contributed by atoms with Crippen LogP contribution in [0.25, 0.3) is 21.7 Å². The van der Waals surface area contributed by atoms with Gasteiger partial charge in [0.1, 0.15) is 36.3 Å². The highest BCUT2D eigenvalue weighted by molar-refractivity contribution is 7.98. The van der Waals surface area contributed by atoms with Gasteiger partial charge < -0.3 is 59.4 Å². The minimum atomic E-state index is -1.26. The van der Waals surface area contributed by atoms with Crippen molar-refractivity contribution in [1.82, 2.24) is 36.5 Å². The van der Waals surface area contributed by atoms with Gasteiger partial charge in [-0.2, -0.15) is 11.8 Å². The molecule has 3 aromatic carbocycles. The number of nitrogens with one attached hydrogen (secondary N) is 6. The van der Waals surface area contributed by atoms with Gasteiger partial charge in [0.25, 0.3) is 0 Å². The average Bonchev–Trinajstić information content (AvgIpc) is 3.96. The summed E-state index contributed by atoms with van der Waals surface area (Å²) >= 11 is 1.48. The van der Waals surface area contributed by atoms with Crippen LogP contribution in [0.1, 0.15) is 50.2 Å². The first kappa shape index (κ1) is 49.3. The third kappa shape index (κ3) is 13.7. The van der Waals surface area contributed by atoms with Crippen molar-refractivity contribution in [3.63, 3.8) is 0 Å². The average molecular weight is 913 g/mol. The number of H-pyrrole nitrogens is 1. The van der Waals surface area contributed by atoms with Crippen molar-refractivity contribution in [2.45, 2.75) is 88.1 Å². The zero-order chi connectivity index (χ0) is 47.0. The third-order valence-corrected chi connectivity index (χ3v) is 11.9. The number of aromatic nitrogens is 1. The van der Waals surface area contributed by atoms with Crippen LogP contribution >= 0.6 is 11.8 Å². The number of rotatable bonds is 23. The molecule has 1 aliphatic heterocycles. The monoisotopic (exact) mass is 912 g/mol. The molecule has 6 atom stereocenters. The normalized spacial score (nSPS) is 15.8. The molecule has 0 saturated carbocycles. The molecule has 14 N–H and O–H groups in total. The second-order valence-corrected chi connectivity index (χ2v) is 17.0. The van der Waals surface area contributed by atoms with E-state index >= 15 is 0 Å². The second-order valence-electron chi connectivity index (χ2n) is 16.0. The number of amides is 7. The van der Waals surface area contributed by atoms with E-state index in [0.717, 1.165) is 32.8 Å². The molecule has 0 spiro atoms. The minimum absolute atomic E-state index is 0.00291. The molecule has 0 aliphatic carbocycles. The van der Waals surface area contributed by atoms with Crippen molar-refractivity contribution in [3.05, 3.63) is 84.1 Å². The van der Waals surface area contributed by atoms with Crippen LogP contribution in [0.5, 0.6) is 0 Å². The van der Waals surface area contributed by atoms with Crippen LogP contribution in [0.4, 0.5) is 0 Å². The first-order valence-corrected chi connectivity index (χ1v) is 23.0. The Morgan fingerprint density at radius 1 is 0.769 bits per heavy atom. The lowest BCUT2D eigenvalue weighted by Gasteiger charge is -2.31. The maximum atomic E-state index is 14.8. The second kappa shape index (κ2) is 23.9. The van der Waals surface area contributed by atoms with Crippen LogP contribution in [-0.2, 0) is 46.4 Å².